The van der Waals surface area contributed by atoms with Crippen LogP contribution in [0.3, 0.4) is 0 Å². The SMILES string of the molecule is C=CC(=O)NCCOc1ccc(C2CCC(C3CCC(C4CCC(CCCCC)CC4)CC3)CC2)c(CC)c1. The molecule has 1 aromatic carbocycles. The lowest BCUT2D eigenvalue weighted by molar-refractivity contribution is -0.116. The van der Waals surface area contributed by atoms with Crippen molar-refractivity contribution in [2.24, 2.45) is 29.6 Å². The zero-order valence-electron chi connectivity index (χ0n) is 25.2. The topological polar surface area (TPSA) is 38.3 Å². The van der Waals surface area contributed by atoms with Gasteiger partial charge in [-0.1, -0.05) is 65.0 Å². The summed E-state index contributed by atoms with van der Waals surface area (Å²) in [5.41, 5.74) is 2.99. The van der Waals surface area contributed by atoms with Crippen LogP contribution in [0.5, 0.6) is 5.75 Å². The number of rotatable bonds is 13. The van der Waals surface area contributed by atoms with Crippen molar-refractivity contribution < 1.29 is 9.53 Å². The van der Waals surface area contributed by atoms with Crippen molar-refractivity contribution in [3.05, 3.63) is 42.0 Å². The molecule has 0 spiro atoms. The van der Waals surface area contributed by atoms with E-state index in [1.807, 2.05) is 0 Å². The predicted molar refractivity (Wildman–Crippen MR) is 164 cm³/mol. The Labute approximate surface area is 239 Å². The lowest BCUT2D eigenvalue weighted by atomic mass is 9.64. The molecule has 0 heterocycles. The van der Waals surface area contributed by atoms with Crippen LogP contribution >= 0.6 is 0 Å². The minimum atomic E-state index is -0.151. The molecular weight excluding hydrogens is 478 g/mol. The van der Waals surface area contributed by atoms with E-state index >= 15 is 0 Å². The first-order valence-corrected chi connectivity index (χ1v) is 16.8. The molecule has 39 heavy (non-hydrogen) atoms. The summed E-state index contributed by atoms with van der Waals surface area (Å²) in [7, 11) is 0. The molecule has 1 aromatic rings. The Kier molecular flexibility index (Phi) is 12.3. The van der Waals surface area contributed by atoms with Gasteiger partial charge in [-0.25, -0.2) is 0 Å². The van der Waals surface area contributed by atoms with Crippen molar-refractivity contribution in [3.8, 4) is 5.75 Å². The number of hydrogen-bond acceptors (Lipinski definition) is 2. The first kappa shape index (κ1) is 30.2. The first-order chi connectivity index (χ1) is 19.1. The molecule has 1 N–H and O–H groups in total. The fraction of sp³-hybridized carbons (Fsp3) is 0.750. The van der Waals surface area contributed by atoms with Gasteiger partial charge in [0.05, 0.1) is 6.54 Å². The second-order valence-corrected chi connectivity index (χ2v) is 13.1. The van der Waals surface area contributed by atoms with E-state index in [-0.39, 0.29) is 5.91 Å². The molecule has 3 heteroatoms. The van der Waals surface area contributed by atoms with Gasteiger partial charge in [-0.15, -0.1) is 0 Å². The van der Waals surface area contributed by atoms with Crippen LogP contribution in [0.1, 0.15) is 134 Å². The Morgan fingerprint density at radius 3 is 2.03 bits per heavy atom. The van der Waals surface area contributed by atoms with Gasteiger partial charge in [0.2, 0.25) is 5.91 Å². The first-order valence-electron chi connectivity index (χ1n) is 16.8. The predicted octanol–water partition coefficient (Wildman–Crippen LogP) is 9.40. The van der Waals surface area contributed by atoms with E-state index in [4.69, 9.17) is 4.74 Å². The summed E-state index contributed by atoms with van der Waals surface area (Å²) in [6, 6.07) is 6.69. The van der Waals surface area contributed by atoms with Gasteiger partial charge in [0, 0.05) is 0 Å². The summed E-state index contributed by atoms with van der Waals surface area (Å²) in [5, 5.41) is 2.77. The third kappa shape index (κ3) is 8.86. The molecule has 0 aromatic heterocycles. The Morgan fingerprint density at radius 2 is 1.46 bits per heavy atom. The van der Waals surface area contributed by atoms with E-state index in [2.05, 4.69) is 43.9 Å². The molecule has 1 amide bonds. The van der Waals surface area contributed by atoms with Crippen LogP contribution in [0.15, 0.2) is 30.9 Å². The highest BCUT2D eigenvalue weighted by molar-refractivity contribution is 5.86. The molecule has 3 fully saturated rings. The zero-order chi connectivity index (χ0) is 27.5. The molecule has 3 aliphatic rings. The standard InChI is InChI=1S/C36H57NO2/c1-4-7-8-9-27-10-12-29(13-11-27)30-14-16-31(17-15-30)32-18-20-33(21-19-32)35-23-22-34(26-28(35)5-2)39-25-24-37-36(38)6-3/h6,22-23,26-27,29-33H,3-5,7-21,24-25H2,1-2H3,(H,37,38). The highest BCUT2D eigenvalue weighted by atomic mass is 16.5. The minimum Gasteiger partial charge on any atom is -0.492 e. The van der Waals surface area contributed by atoms with Crippen molar-refractivity contribution in [2.75, 3.05) is 13.2 Å². The van der Waals surface area contributed by atoms with Crippen LogP contribution in [-0.4, -0.2) is 19.1 Å². The van der Waals surface area contributed by atoms with Crippen LogP contribution in [0, 0.1) is 29.6 Å². The number of carbonyl (C=O) groups excluding carboxylic acids is 1. The quantitative estimate of drug-likeness (QED) is 0.202. The Morgan fingerprint density at radius 1 is 0.872 bits per heavy atom. The molecule has 3 aliphatic carbocycles. The summed E-state index contributed by atoms with van der Waals surface area (Å²) in [5.74, 6) is 6.58. The average Bonchev–Trinajstić information content (AvgIpc) is 3.00. The van der Waals surface area contributed by atoms with Gasteiger partial charge in [0.15, 0.2) is 0 Å². The highest BCUT2D eigenvalue weighted by Gasteiger charge is 2.35. The van der Waals surface area contributed by atoms with Gasteiger partial charge < -0.3 is 10.1 Å². The number of unbranched alkanes of at least 4 members (excludes halogenated alkanes) is 2. The van der Waals surface area contributed by atoms with Crippen LogP contribution < -0.4 is 10.1 Å². The summed E-state index contributed by atoms with van der Waals surface area (Å²) in [6.07, 6.45) is 25.9. The Balaban J connectivity index is 1.17. The number of carbonyl (C=O) groups is 1. The second-order valence-electron chi connectivity index (χ2n) is 13.1. The van der Waals surface area contributed by atoms with Crippen molar-refractivity contribution in [2.45, 2.75) is 129 Å². The number of hydrogen-bond donors (Lipinski definition) is 1. The van der Waals surface area contributed by atoms with Gasteiger partial charge in [-0.3, -0.25) is 4.79 Å². The fourth-order valence-electron chi connectivity index (χ4n) is 8.41. The molecule has 218 valence electrons. The van der Waals surface area contributed by atoms with E-state index in [0.29, 0.717) is 19.1 Å². The number of amides is 1. The summed E-state index contributed by atoms with van der Waals surface area (Å²) >= 11 is 0. The fourth-order valence-corrected chi connectivity index (χ4v) is 8.41. The van der Waals surface area contributed by atoms with Gasteiger partial charge in [0.25, 0.3) is 0 Å². The summed E-state index contributed by atoms with van der Waals surface area (Å²) in [6.45, 7) is 9.05. The van der Waals surface area contributed by atoms with E-state index < -0.39 is 0 Å². The lowest BCUT2D eigenvalue weighted by Gasteiger charge is -2.41. The normalized spacial score (nSPS) is 29.5. The second kappa shape index (κ2) is 15.9. The number of nitrogens with one attached hydrogen (secondary N) is 1. The molecule has 0 saturated heterocycles. The van der Waals surface area contributed by atoms with Crippen LogP contribution in [0.25, 0.3) is 0 Å². The molecular formula is C36H57NO2. The highest BCUT2D eigenvalue weighted by Crippen LogP contribution is 2.48. The Hall–Kier alpha value is -1.77. The largest absolute Gasteiger partial charge is 0.492 e. The number of aryl methyl sites for hydroxylation is 1. The van der Waals surface area contributed by atoms with Gasteiger partial charge in [-0.05, 0) is 135 Å². The maximum atomic E-state index is 11.3. The maximum Gasteiger partial charge on any atom is 0.243 e. The monoisotopic (exact) mass is 535 g/mol. The molecule has 0 atom stereocenters. The molecule has 3 nitrogen and oxygen atoms in total. The van der Waals surface area contributed by atoms with Gasteiger partial charge in [-0.2, -0.15) is 0 Å². The third-order valence-electron chi connectivity index (χ3n) is 10.8. The third-order valence-corrected chi connectivity index (χ3v) is 10.8. The van der Waals surface area contributed by atoms with E-state index in [9.17, 15) is 4.79 Å². The van der Waals surface area contributed by atoms with Crippen molar-refractivity contribution in [1.82, 2.24) is 5.32 Å². The van der Waals surface area contributed by atoms with E-state index in [1.165, 1.54) is 114 Å². The minimum absolute atomic E-state index is 0.151. The molecule has 0 aliphatic heterocycles. The van der Waals surface area contributed by atoms with Crippen molar-refractivity contribution >= 4 is 5.91 Å². The molecule has 0 radical (unpaired) electrons. The van der Waals surface area contributed by atoms with Gasteiger partial charge >= 0.3 is 0 Å². The summed E-state index contributed by atoms with van der Waals surface area (Å²) < 4.78 is 5.91. The van der Waals surface area contributed by atoms with Crippen LogP contribution in [-0.2, 0) is 11.2 Å². The van der Waals surface area contributed by atoms with E-state index in [1.54, 1.807) is 5.56 Å². The van der Waals surface area contributed by atoms with Crippen LogP contribution in [0.2, 0.25) is 0 Å². The number of benzene rings is 1. The maximum absolute atomic E-state index is 11.3. The zero-order valence-corrected chi connectivity index (χ0v) is 25.2. The molecule has 4 rings (SSSR count). The van der Waals surface area contributed by atoms with Crippen LogP contribution in [0.4, 0.5) is 0 Å². The lowest BCUT2D eigenvalue weighted by Crippen LogP contribution is -2.29. The van der Waals surface area contributed by atoms with Crippen molar-refractivity contribution in [1.29, 1.82) is 0 Å². The molecule has 0 unspecified atom stereocenters. The smallest absolute Gasteiger partial charge is 0.243 e. The van der Waals surface area contributed by atoms with Crippen molar-refractivity contribution in [3.63, 3.8) is 0 Å². The molecule has 0 bridgehead atoms. The average molecular weight is 536 g/mol. The number of ether oxygens (including phenoxy) is 1. The van der Waals surface area contributed by atoms with E-state index in [0.717, 1.165) is 41.8 Å². The summed E-state index contributed by atoms with van der Waals surface area (Å²) in [4.78, 5) is 11.3. The molecule has 3 saturated carbocycles. The van der Waals surface area contributed by atoms with Gasteiger partial charge in [0.1, 0.15) is 12.4 Å². The Bertz CT molecular complexity index is 870.